The van der Waals surface area contributed by atoms with Gasteiger partial charge in [-0.05, 0) is 43.2 Å². The van der Waals surface area contributed by atoms with Crippen molar-refractivity contribution in [2.24, 2.45) is 0 Å². The topological polar surface area (TPSA) is 62.0 Å². The zero-order chi connectivity index (χ0) is 14.4. The minimum Gasteiger partial charge on any atom is -0.354 e. The predicted molar refractivity (Wildman–Crippen MR) is 82.6 cm³/mol. The third-order valence-electron chi connectivity index (χ3n) is 3.88. The summed E-state index contributed by atoms with van der Waals surface area (Å²) in [5.74, 6) is -0.0755. The Morgan fingerprint density at radius 1 is 1.05 bits per heavy atom. The third kappa shape index (κ3) is 2.09. The molecule has 1 saturated carbocycles. The summed E-state index contributed by atoms with van der Waals surface area (Å²) in [5.41, 5.74) is 2.06. The summed E-state index contributed by atoms with van der Waals surface area (Å²) in [7, 11) is 0. The summed E-state index contributed by atoms with van der Waals surface area (Å²) in [4.78, 5) is 27.8. The first-order valence-electron chi connectivity index (χ1n) is 7.08. The van der Waals surface area contributed by atoms with Gasteiger partial charge in [0.1, 0.15) is 0 Å². The summed E-state index contributed by atoms with van der Waals surface area (Å²) in [6.07, 6.45) is 2.11. The summed E-state index contributed by atoms with van der Waals surface area (Å²) in [5, 5.41) is 4.23. The normalized spacial score (nSPS) is 14.5. The molecule has 4 heteroatoms. The molecular weight excluding hydrogens is 264 g/mol. The van der Waals surface area contributed by atoms with Crippen molar-refractivity contribution in [2.75, 3.05) is 0 Å². The third-order valence-corrected chi connectivity index (χ3v) is 3.88. The average molecular weight is 278 g/mol. The summed E-state index contributed by atoms with van der Waals surface area (Å²) >= 11 is 0. The number of carbonyl (C=O) groups excluding carboxylic acids is 1. The van der Waals surface area contributed by atoms with Crippen molar-refractivity contribution < 1.29 is 4.79 Å². The van der Waals surface area contributed by atoms with E-state index < -0.39 is 0 Å². The molecule has 1 aromatic heterocycles. The minimum absolute atomic E-state index is 0.00602. The number of nitrogens with one attached hydrogen (secondary N) is 2. The fraction of sp³-hybridized carbons (Fsp3) is 0.176. The van der Waals surface area contributed by atoms with Gasteiger partial charge >= 0.3 is 0 Å². The van der Waals surface area contributed by atoms with E-state index >= 15 is 0 Å². The van der Waals surface area contributed by atoms with Crippen molar-refractivity contribution in [1.29, 1.82) is 0 Å². The molecular formula is C17H14N2O2. The van der Waals surface area contributed by atoms with Crippen LogP contribution in [0.15, 0.2) is 47.3 Å². The Morgan fingerprint density at radius 2 is 1.81 bits per heavy atom. The molecule has 21 heavy (non-hydrogen) atoms. The highest BCUT2D eigenvalue weighted by Gasteiger charge is 2.23. The Bertz CT molecular complexity index is 923. The lowest BCUT2D eigenvalue weighted by molar-refractivity contribution is 0.0951. The van der Waals surface area contributed by atoms with E-state index in [1.807, 2.05) is 18.2 Å². The maximum atomic E-state index is 12.4. The highest BCUT2D eigenvalue weighted by atomic mass is 16.1. The van der Waals surface area contributed by atoms with Crippen LogP contribution in [0.5, 0.6) is 0 Å². The second kappa shape index (κ2) is 4.45. The Labute approximate surface area is 120 Å². The number of aromatic amines is 1. The first-order chi connectivity index (χ1) is 10.2. The summed E-state index contributed by atoms with van der Waals surface area (Å²) in [6.45, 7) is 0. The van der Waals surface area contributed by atoms with Crippen LogP contribution in [0.25, 0.3) is 21.8 Å². The highest BCUT2D eigenvalue weighted by molar-refractivity contribution is 6.00. The zero-order valence-corrected chi connectivity index (χ0v) is 11.3. The van der Waals surface area contributed by atoms with Crippen LogP contribution in [-0.4, -0.2) is 16.9 Å². The number of carbonyl (C=O) groups is 1. The van der Waals surface area contributed by atoms with Gasteiger partial charge in [-0.25, -0.2) is 0 Å². The van der Waals surface area contributed by atoms with Gasteiger partial charge in [0, 0.05) is 27.9 Å². The van der Waals surface area contributed by atoms with Crippen molar-refractivity contribution in [1.82, 2.24) is 10.3 Å². The van der Waals surface area contributed by atoms with Crippen LogP contribution in [-0.2, 0) is 0 Å². The van der Waals surface area contributed by atoms with Gasteiger partial charge in [0.25, 0.3) is 5.91 Å². The number of hydrogen-bond donors (Lipinski definition) is 2. The lowest BCUT2D eigenvalue weighted by Gasteiger charge is -2.06. The van der Waals surface area contributed by atoms with E-state index in [-0.39, 0.29) is 11.3 Å². The van der Waals surface area contributed by atoms with Crippen LogP contribution >= 0.6 is 0 Å². The highest BCUT2D eigenvalue weighted by Crippen LogP contribution is 2.20. The molecule has 0 spiro atoms. The van der Waals surface area contributed by atoms with E-state index in [1.54, 1.807) is 24.3 Å². The van der Waals surface area contributed by atoms with Gasteiger partial charge in [-0.3, -0.25) is 9.59 Å². The van der Waals surface area contributed by atoms with Gasteiger partial charge in [0.05, 0.1) is 5.52 Å². The molecule has 0 unspecified atom stereocenters. The van der Waals surface area contributed by atoms with E-state index in [0.29, 0.717) is 27.9 Å². The number of rotatable bonds is 2. The first-order valence-corrected chi connectivity index (χ1v) is 7.08. The van der Waals surface area contributed by atoms with Crippen molar-refractivity contribution in [3.63, 3.8) is 0 Å². The molecule has 2 N–H and O–H groups in total. The quantitative estimate of drug-likeness (QED) is 0.708. The molecule has 0 saturated heterocycles. The van der Waals surface area contributed by atoms with Crippen molar-refractivity contribution in [2.45, 2.75) is 18.9 Å². The van der Waals surface area contributed by atoms with Crippen LogP contribution in [0.1, 0.15) is 23.2 Å². The van der Waals surface area contributed by atoms with Crippen LogP contribution in [0.2, 0.25) is 0 Å². The van der Waals surface area contributed by atoms with Gasteiger partial charge in [0.15, 0.2) is 5.43 Å². The number of H-pyrrole nitrogens is 1. The van der Waals surface area contributed by atoms with E-state index in [0.717, 1.165) is 18.4 Å². The Hall–Kier alpha value is -2.62. The van der Waals surface area contributed by atoms with Crippen LogP contribution in [0, 0.1) is 0 Å². The molecule has 4 rings (SSSR count). The maximum absolute atomic E-state index is 12.4. The fourth-order valence-corrected chi connectivity index (χ4v) is 2.56. The molecule has 4 nitrogen and oxygen atoms in total. The van der Waals surface area contributed by atoms with Gasteiger partial charge in [-0.15, -0.1) is 0 Å². The zero-order valence-electron chi connectivity index (χ0n) is 11.3. The van der Waals surface area contributed by atoms with Crippen LogP contribution in [0.4, 0.5) is 0 Å². The summed E-state index contributed by atoms with van der Waals surface area (Å²) < 4.78 is 0. The smallest absolute Gasteiger partial charge is 0.251 e. The van der Waals surface area contributed by atoms with Gasteiger partial charge in [-0.2, -0.15) is 0 Å². The van der Waals surface area contributed by atoms with E-state index in [9.17, 15) is 9.59 Å². The minimum atomic E-state index is -0.0755. The fourth-order valence-electron chi connectivity index (χ4n) is 2.56. The lowest BCUT2D eigenvalue weighted by Crippen LogP contribution is -2.25. The van der Waals surface area contributed by atoms with Crippen molar-refractivity contribution in [3.05, 3.63) is 58.3 Å². The van der Waals surface area contributed by atoms with E-state index in [4.69, 9.17) is 0 Å². The lowest BCUT2D eigenvalue weighted by atomic mass is 10.1. The Balaban J connectivity index is 1.88. The van der Waals surface area contributed by atoms with Gasteiger partial charge in [-0.1, -0.05) is 12.1 Å². The molecule has 0 bridgehead atoms. The standard InChI is InChI=1S/C17H14N2O2/c20-16-12-3-1-2-4-14(12)19-15-9-10(5-8-13(15)16)17(21)18-11-6-7-11/h1-5,8-9,11H,6-7H2,(H,18,21)(H,19,20). The van der Waals surface area contributed by atoms with Crippen LogP contribution in [0.3, 0.4) is 0 Å². The maximum Gasteiger partial charge on any atom is 0.251 e. The Kier molecular flexibility index (Phi) is 2.57. The van der Waals surface area contributed by atoms with E-state index in [2.05, 4.69) is 10.3 Å². The largest absolute Gasteiger partial charge is 0.354 e. The molecule has 1 aliphatic carbocycles. The SMILES string of the molecule is O=C(NC1CC1)c1ccc2c(=O)c3ccccc3[nH]c2c1. The van der Waals surface area contributed by atoms with Crippen molar-refractivity contribution in [3.8, 4) is 0 Å². The predicted octanol–water partition coefficient (Wildman–Crippen LogP) is 2.57. The molecule has 2 aromatic carbocycles. The molecule has 1 aliphatic rings. The second-order valence-corrected chi connectivity index (χ2v) is 5.51. The van der Waals surface area contributed by atoms with E-state index in [1.165, 1.54) is 0 Å². The van der Waals surface area contributed by atoms with Crippen LogP contribution < -0.4 is 10.7 Å². The molecule has 0 atom stereocenters. The first kappa shape index (κ1) is 12.1. The molecule has 1 amide bonds. The molecule has 0 radical (unpaired) electrons. The van der Waals surface area contributed by atoms with Crippen molar-refractivity contribution >= 4 is 27.7 Å². The number of hydrogen-bond acceptors (Lipinski definition) is 2. The number of para-hydroxylation sites is 1. The monoisotopic (exact) mass is 278 g/mol. The number of benzene rings is 2. The molecule has 1 fully saturated rings. The number of fused-ring (bicyclic) bond motifs is 2. The van der Waals surface area contributed by atoms with Gasteiger partial charge < -0.3 is 10.3 Å². The van der Waals surface area contributed by atoms with Gasteiger partial charge in [0.2, 0.25) is 0 Å². The molecule has 104 valence electrons. The Morgan fingerprint density at radius 3 is 2.62 bits per heavy atom. The number of pyridine rings is 1. The molecule has 1 heterocycles. The molecule has 3 aromatic rings. The number of aromatic nitrogens is 1. The number of amides is 1. The summed E-state index contributed by atoms with van der Waals surface area (Å²) in [6, 6.07) is 12.9. The average Bonchev–Trinajstić information content (AvgIpc) is 3.31. The molecule has 0 aliphatic heterocycles. The second-order valence-electron chi connectivity index (χ2n) is 5.51.